The molecule has 0 atom stereocenters. The first-order valence-corrected chi connectivity index (χ1v) is 10.3. The Bertz CT molecular complexity index is 888. The third kappa shape index (κ3) is 4.18. The zero-order valence-corrected chi connectivity index (χ0v) is 15.2. The SMILES string of the molecule is Cc1ccc(S(=O)(=O)NCCOc2ccc(-c3cccs3)nn2)s1. The van der Waals surface area contributed by atoms with Gasteiger partial charge in [-0.1, -0.05) is 6.07 Å². The average Bonchev–Trinajstić information content (AvgIpc) is 3.24. The molecule has 0 aliphatic carbocycles. The third-order valence-corrected chi connectivity index (χ3v) is 6.88. The first kappa shape index (κ1) is 17.0. The standard InChI is InChI=1S/C15H15N3O3S3/c1-11-4-7-15(23-11)24(19,20)16-8-9-21-14-6-5-12(17-18-14)13-3-2-10-22-13/h2-7,10,16H,8-9H2,1H3. The van der Waals surface area contributed by atoms with E-state index in [4.69, 9.17) is 4.74 Å². The van der Waals surface area contributed by atoms with Crippen LogP contribution in [0.15, 0.2) is 46.0 Å². The number of rotatable bonds is 7. The minimum atomic E-state index is -3.48. The number of sulfonamides is 1. The van der Waals surface area contributed by atoms with Gasteiger partial charge in [0.2, 0.25) is 15.9 Å². The molecule has 6 nitrogen and oxygen atoms in total. The summed E-state index contributed by atoms with van der Waals surface area (Å²) in [6.07, 6.45) is 0. The van der Waals surface area contributed by atoms with E-state index in [2.05, 4.69) is 14.9 Å². The van der Waals surface area contributed by atoms with Gasteiger partial charge in [0.25, 0.3) is 0 Å². The maximum absolute atomic E-state index is 12.0. The number of nitrogens with one attached hydrogen (secondary N) is 1. The van der Waals surface area contributed by atoms with E-state index in [0.717, 1.165) is 15.4 Å². The van der Waals surface area contributed by atoms with Crippen LogP contribution in [0.3, 0.4) is 0 Å². The number of aryl methyl sites for hydroxylation is 1. The normalized spacial score (nSPS) is 11.5. The predicted molar refractivity (Wildman–Crippen MR) is 95.1 cm³/mol. The van der Waals surface area contributed by atoms with Gasteiger partial charge in [-0.2, -0.15) is 0 Å². The molecular weight excluding hydrogens is 366 g/mol. The summed E-state index contributed by atoms with van der Waals surface area (Å²) < 4.78 is 32.3. The van der Waals surface area contributed by atoms with Crippen molar-refractivity contribution < 1.29 is 13.2 Å². The summed E-state index contributed by atoms with van der Waals surface area (Å²) >= 11 is 2.82. The van der Waals surface area contributed by atoms with Crippen molar-refractivity contribution in [3.63, 3.8) is 0 Å². The molecule has 0 unspecified atom stereocenters. The van der Waals surface area contributed by atoms with Gasteiger partial charge in [-0.25, -0.2) is 13.1 Å². The highest BCUT2D eigenvalue weighted by atomic mass is 32.2. The molecular formula is C15H15N3O3S3. The van der Waals surface area contributed by atoms with Crippen molar-refractivity contribution in [2.75, 3.05) is 13.2 Å². The zero-order valence-electron chi connectivity index (χ0n) is 12.8. The van der Waals surface area contributed by atoms with Crippen LogP contribution in [0.25, 0.3) is 10.6 Å². The second-order valence-corrected chi connectivity index (χ2v) is 9.07. The maximum atomic E-state index is 12.0. The van der Waals surface area contributed by atoms with E-state index in [1.807, 2.05) is 30.5 Å². The molecule has 0 aliphatic rings. The van der Waals surface area contributed by atoms with Crippen molar-refractivity contribution in [2.45, 2.75) is 11.1 Å². The van der Waals surface area contributed by atoms with Crippen LogP contribution in [0.2, 0.25) is 0 Å². The number of nitrogens with zero attached hydrogens (tertiary/aromatic N) is 2. The van der Waals surface area contributed by atoms with Gasteiger partial charge in [-0.3, -0.25) is 0 Å². The van der Waals surface area contributed by atoms with Gasteiger partial charge in [0.1, 0.15) is 16.5 Å². The monoisotopic (exact) mass is 381 g/mol. The Labute approximate surface area is 148 Å². The third-order valence-electron chi connectivity index (χ3n) is 3.04. The number of hydrogen-bond donors (Lipinski definition) is 1. The quantitative estimate of drug-likeness (QED) is 0.637. The molecule has 1 N–H and O–H groups in total. The summed E-state index contributed by atoms with van der Waals surface area (Å²) in [6.45, 7) is 2.20. The van der Waals surface area contributed by atoms with Crippen molar-refractivity contribution in [2.24, 2.45) is 0 Å². The van der Waals surface area contributed by atoms with Crippen LogP contribution >= 0.6 is 22.7 Å². The summed E-state index contributed by atoms with van der Waals surface area (Å²) in [5.74, 6) is 0.362. The lowest BCUT2D eigenvalue weighted by molar-refractivity contribution is 0.307. The average molecular weight is 382 g/mol. The fourth-order valence-electron chi connectivity index (χ4n) is 1.91. The van der Waals surface area contributed by atoms with Crippen molar-refractivity contribution in [1.82, 2.24) is 14.9 Å². The Morgan fingerprint density at radius 1 is 1.17 bits per heavy atom. The van der Waals surface area contributed by atoms with E-state index in [1.54, 1.807) is 29.5 Å². The van der Waals surface area contributed by atoms with E-state index >= 15 is 0 Å². The Balaban J connectivity index is 1.50. The lowest BCUT2D eigenvalue weighted by atomic mass is 10.3. The fraction of sp³-hybridized carbons (Fsp3) is 0.200. The molecule has 0 radical (unpaired) electrons. The molecule has 0 saturated heterocycles. The van der Waals surface area contributed by atoms with Crippen molar-refractivity contribution >= 4 is 32.7 Å². The van der Waals surface area contributed by atoms with Gasteiger partial charge < -0.3 is 4.74 Å². The highest BCUT2D eigenvalue weighted by Gasteiger charge is 2.15. The minimum absolute atomic E-state index is 0.160. The van der Waals surface area contributed by atoms with Gasteiger partial charge in [-0.05, 0) is 36.6 Å². The Morgan fingerprint density at radius 3 is 2.67 bits per heavy atom. The molecule has 0 amide bonds. The molecule has 0 aliphatic heterocycles. The second-order valence-electron chi connectivity index (χ2n) is 4.85. The van der Waals surface area contributed by atoms with E-state index in [0.29, 0.717) is 10.1 Å². The van der Waals surface area contributed by atoms with E-state index in [-0.39, 0.29) is 13.2 Å². The molecule has 0 spiro atoms. The highest BCUT2D eigenvalue weighted by Crippen LogP contribution is 2.23. The Kier molecular flexibility index (Phi) is 5.24. The number of aromatic nitrogens is 2. The van der Waals surface area contributed by atoms with Crippen LogP contribution in [0.5, 0.6) is 5.88 Å². The number of ether oxygens (including phenoxy) is 1. The van der Waals surface area contributed by atoms with E-state index in [1.165, 1.54) is 11.3 Å². The lowest BCUT2D eigenvalue weighted by Gasteiger charge is -2.06. The Hall–Kier alpha value is -1.81. The smallest absolute Gasteiger partial charge is 0.250 e. The molecule has 24 heavy (non-hydrogen) atoms. The van der Waals surface area contributed by atoms with Gasteiger partial charge in [-0.15, -0.1) is 32.9 Å². The van der Waals surface area contributed by atoms with Crippen molar-refractivity contribution in [1.29, 1.82) is 0 Å². The first-order valence-electron chi connectivity index (χ1n) is 7.11. The maximum Gasteiger partial charge on any atom is 0.250 e. The summed E-state index contributed by atoms with van der Waals surface area (Å²) in [5, 5.41) is 10.1. The van der Waals surface area contributed by atoms with Gasteiger partial charge in [0.15, 0.2) is 0 Å². The van der Waals surface area contributed by atoms with Crippen molar-refractivity contribution in [3.05, 3.63) is 46.7 Å². The second kappa shape index (κ2) is 7.39. The summed E-state index contributed by atoms with van der Waals surface area (Å²) in [4.78, 5) is 1.99. The zero-order chi connectivity index (χ0) is 17.0. The topological polar surface area (TPSA) is 81.2 Å². The van der Waals surface area contributed by atoms with Gasteiger partial charge in [0, 0.05) is 17.5 Å². The molecule has 0 aromatic carbocycles. The van der Waals surface area contributed by atoms with Gasteiger partial charge in [0.05, 0.1) is 4.88 Å². The Morgan fingerprint density at radius 2 is 2.04 bits per heavy atom. The summed E-state index contributed by atoms with van der Waals surface area (Å²) in [5.41, 5.74) is 0.783. The van der Waals surface area contributed by atoms with Crippen LogP contribution in [-0.2, 0) is 10.0 Å². The predicted octanol–water partition coefficient (Wildman–Crippen LogP) is 2.93. The van der Waals surface area contributed by atoms with Crippen LogP contribution in [0.4, 0.5) is 0 Å². The number of hydrogen-bond acceptors (Lipinski definition) is 7. The fourth-order valence-corrected chi connectivity index (χ4v) is 4.94. The summed E-state index contributed by atoms with van der Waals surface area (Å²) in [6, 6.07) is 10.8. The molecule has 0 fully saturated rings. The molecule has 3 rings (SSSR count). The van der Waals surface area contributed by atoms with Gasteiger partial charge >= 0.3 is 0 Å². The molecule has 0 bridgehead atoms. The number of thiophene rings is 2. The van der Waals surface area contributed by atoms with Crippen LogP contribution in [0.1, 0.15) is 4.88 Å². The van der Waals surface area contributed by atoms with Crippen LogP contribution in [0, 0.1) is 6.92 Å². The lowest BCUT2D eigenvalue weighted by Crippen LogP contribution is -2.27. The molecule has 3 heterocycles. The van der Waals surface area contributed by atoms with Crippen LogP contribution < -0.4 is 9.46 Å². The minimum Gasteiger partial charge on any atom is -0.475 e. The molecule has 3 aromatic rings. The first-order chi connectivity index (χ1) is 11.5. The highest BCUT2D eigenvalue weighted by molar-refractivity contribution is 7.91. The molecule has 0 saturated carbocycles. The molecule has 3 aromatic heterocycles. The molecule has 9 heteroatoms. The van der Waals surface area contributed by atoms with E-state index in [9.17, 15) is 8.42 Å². The molecule has 126 valence electrons. The largest absolute Gasteiger partial charge is 0.475 e. The van der Waals surface area contributed by atoms with Crippen LogP contribution in [-0.4, -0.2) is 31.8 Å². The summed E-state index contributed by atoms with van der Waals surface area (Å²) in [7, 11) is -3.48. The van der Waals surface area contributed by atoms with Crippen molar-refractivity contribution in [3.8, 4) is 16.5 Å². The van der Waals surface area contributed by atoms with E-state index < -0.39 is 10.0 Å².